The number of piperidine rings is 1. The summed E-state index contributed by atoms with van der Waals surface area (Å²) in [6, 6.07) is 11.0. The van der Waals surface area contributed by atoms with E-state index in [0.29, 0.717) is 11.7 Å². The lowest BCUT2D eigenvalue weighted by Crippen LogP contribution is -2.44. The van der Waals surface area contributed by atoms with Crippen molar-refractivity contribution in [2.24, 2.45) is 5.92 Å². The number of carbonyl (C=O) groups excluding carboxylic acids is 1. The Labute approximate surface area is 168 Å². The fourth-order valence-corrected chi connectivity index (χ4v) is 4.65. The van der Waals surface area contributed by atoms with Gasteiger partial charge in [-0.25, -0.2) is 0 Å². The zero-order valence-corrected chi connectivity index (χ0v) is 17.4. The van der Waals surface area contributed by atoms with E-state index in [1.165, 1.54) is 42.8 Å². The number of hydrogen-bond acceptors (Lipinski definition) is 3. The van der Waals surface area contributed by atoms with Crippen LogP contribution in [-0.4, -0.2) is 58.7 Å². The van der Waals surface area contributed by atoms with Crippen molar-refractivity contribution in [2.45, 2.75) is 51.6 Å². The fraction of sp³-hybridized carbons (Fsp3) is 0.565. The molecular weight excluding hydrogens is 348 g/mol. The standard InChI is InChI=1S/C23H32N4O/c1-17-11-13-26(14-12-17)19-9-10-21-20(15-19)22(23(28)25(2)3)24-27(21)16-18-7-5-4-6-8-18/h4-8,17,19H,9-16H2,1-3H3. The molecule has 5 heteroatoms. The molecule has 2 aromatic rings. The van der Waals surface area contributed by atoms with Gasteiger partial charge in [-0.1, -0.05) is 37.3 Å². The first-order valence-electron chi connectivity index (χ1n) is 10.6. The zero-order valence-electron chi connectivity index (χ0n) is 17.4. The molecule has 1 amide bonds. The van der Waals surface area contributed by atoms with Gasteiger partial charge in [0.25, 0.3) is 5.91 Å². The van der Waals surface area contributed by atoms with Crippen molar-refractivity contribution >= 4 is 5.91 Å². The van der Waals surface area contributed by atoms with Gasteiger partial charge in [-0.05, 0) is 56.7 Å². The average molecular weight is 381 g/mol. The quantitative estimate of drug-likeness (QED) is 0.818. The molecule has 0 saturated carbocycles. The maximum atomic E-state index is 12.8. The number of fused-ring (bicyclic) bond motifs is 1. The summed E-state index contributed by atoms with van der Waals surface area (Å²) < 4.78 is 2.08. The molecule has 1 aromatic carbocycles. The molecule has 1 aliphatic carbocycles. The average Bonchev–Trinajstić information content (AvgIpc) is 3.06. The van der Waals surface area contributed by atoms with Gasteiger partial charge in [-0.15, -0.1) is 0 Å². The lowest BCUT2D eigenvalue weighted by Gasteiger charge is -2.38. The van der Waals surface area contributed by atoms with Crippen molar-refractivity contribution in [3.63, 3.8) is 0 Å². The van der Waals surface area contributed by atoms with E-state index in [9.17, 15) is 4.79 Å². The maximum absolute atomic E-state index is 12.8. The van der Waals surface area contributed by atoms with Gasteiger partial charge in [0.15, 0.2) is 5.69 Å². The minimum Gasteiger partial charge on any atom is -0.343 e. The summed E-state index contributed by atoms with van der Waals surface area (Å²) in [5.74, 6) is 0.867. The van der Waals surface area contributed by atoms with Crippen LogP contribution in [0.25, 0.3) is 0 Å². The number of aromatic nitrogens is 2. The monoisotopic (exact) mass is 380 g/mol. The van der Waals surface area contributed by atoms with E-state index in [1.807, 2.05) is 20.2 Å². The SMILES string of the molecule is CC1CCN(C2CCc3c(c(C(=O)N(C)C)nn3Cc3ccccc3)C2)CC1. The van der Waals surface area contributed by atoms with Crippen molar-refractivity contribution in [1.82, 2.24) is 19.6 Å². The molecule has 1 saturated heterocycles. The van der Waals surface area contributed by atoms with E-state index in [4.69, 9.17) is 5.10 Å². The Morgan fingerprint density at radius 3 is 2.54 bits per heavy atom. The Bertz CT molecular complexity index is 819. The second kappa shape index (κ2) is 8.08. The first-order chi connectivity index (χ1) is 13.5. The summed E-state index contributed by atoms with van der Waals surface area (Å²) in [6.45, 7) is 5.47. The molecule has 1 aliphatic heterocycles. The predicted molar refractivity (Wildman–Crippen MR) is 112 cm³/mol. The van der Waals surface area contributed by atoms with Crippen LogP contribution in [0.2, 0.25) is 0 Å². The molecular formula is C23H32N4O. The number of carbonyl (C=O) groups is 1. The third-order valence-corrected chi connectivity index (χ3v) is 6.44. The Morgan fingerprint density at radius 2 is 1.86 bits per heavy atom. The largest absolute Gasteiger partial charge is 0.343 e. The van der Waals surface area contributed by atoms with Gasteiger partial charge >= 0.3 is 0 Å². The topological polar surface area (TPSA) is 41.4 Å². The van der Waals surface area contributed by atoms with Crippen LogP contribution in [0, 0.1) is 5.92 Å². The highest BCUT2D eigenvalue weighted by Gasteiger charge is 2.33. The van der Waals surface area contributed by atoms with Crippen LogP contribution in [0.5, 0.6) is 0 Å². The molecule has 1 aromatic heterocycles. The molecule has 0 spiro atoms. The Hall–Kier alpha value is -2.14. The maximum Gasteiger partial charge on any atom is 0.274 e. The molecule has 150 valence electrons. The normalized spacial score (nSPS) is 20.8. The van der Waals surface area contributed by atoms with Gasteiger partial charge in [0.05, 0.1) is 6.54 Å². The Morgan fingerprint density at radius 1 is 1.14 bits per heavy atom. The molecule has 0 N–H and O–H groups in total. The minimum absolute atomic E-state index is 0.0241. The molecule has 2 aliphatic rings. The highest BCUT2D eigenvalue weighted by atomic mass is 16.2. The predicted octanol–water partition coefficient (Wildman–Crippen LogP) is 3.22. The molecule has 5 nitrogen and oxygen atoms in total. The van der Waals surface area contributed by atoms with Crippen molar-refractivity contribution in [3.8, 4) is 0 Å². The van der Waals surface area contributed by atoms with Crippen molar-refractivity contribution < 1.29 is 4.79 Å². The summed E-state index contributed by atoms with van der Waals surface area (Å²) >= 11 is 0. The minimum atomic E-state index is 0.0241. The lowest BCUT2D eigenvalue weighted by atomic mass is 9.88. The van der Waals surface area contributed by atoms with Gasteiger partial charge in [0.2, 0.25) is 0 Å². The van der Waals surface area contributed by atoms with E-state index in [0.717, 1.165) is 31.7 Å². The van der Waals surface area contributed by atoms with Gasteiger partial charge < -0.3 is 9.80 Å². The summed E-state index contributed by atoms with van der Waals surface area (Å²) in [5.41, 5.74) is 4.33. The van der Waals surface area contributed by atoms with E-state index < -0.39 is 0 Å². The van der Waals surface area contributed by atoms with Gasteiger partial charge in [0.1, 0.15) is 0 Å². The van der Waals surface area contributed by atoms with Crippen LogP contribution in [-0.2, 0) is 19.4 Å². The van der Waals surface area contributed by atoms with Gasteiger partial charge in [-0.3, -0.25) is 9.48 Å². The first-order valence-corrected chi connectivity index (χ1v) is 10.6. The van der Waals surface area contributed by atoms with Crippen LogP contribution < -0.4 is 0 Å². The molecule has 4 rings (SSSR count). The van der Waals surface area contributed by atoms with Crippen LogP contribution in [0.1, 0.15) is 53.5 Å². The third kappa shape index (κ3) is 3.86. The highest BCUT2D eigenvalue weighted by Crippen LogP contribution is 2.30. The molecule has 1 atom stereocenters. The number of nitrogens with zero attached hydrogens (tertiary/aromatic N) is 4. The smallest absolute Gasteiger partial charge is 0.274 e. The second-order valence-corrected chi connectivity index (χ2v) is 8.73. The number of amides is 1. The summed E-state index contributed by atoms with van der Waals surface area (Å²) in [6.07, 6.45) is 5.71. The van der Waals surface area contributed by atoms with Crippen molar-refractivity contribution in [3.05, 3.63) is 52.8 Å². The third-order valence-electron chi connectivity index (χ3n) is 6.44. The van der Waals surface area contributed by atoms with Crippen LogP contribution in [0.3, 0.4) is 0 Å². The number of likely N-dealkylation sites (tertiary alicyclic amines) is 1. The molecule has 0 radical (unpaired) electrons. The summed E-state index contributed by atoms with van der Waals surface area (Å²) in [4.78, 5) is 17.2. The second-order valence-electron chi connectivity index (χ2n) is 8.73. The van der Waals surface area contributed by atoms with Crippen LogP contribution in [0.4, 0.5) is 0 Å². The van der Waals surface area contributed by atoms with E-state index in [-0.39, 0.29) is 5.91 Å². The fourth-order valence-electron chi connectivity index (χ4n) is 4.65. The molecule has 0 bridgehead atoms. The number of hydrogen-bond donors (Lipinski definition) is 0. The van der Waals surface area contributed by atoms with E-state index in [2.05, 4.69) is 40.8 Å². The Kier molecular flexibility index (Phi) is 5.54. The van der Waals surface area contributed by atoms with Crippen LogP contribution in [0.15, 0.2) is 30.3 Å². The number of rotatable bonds is 4. The number of benzene rings is 1. The summed E-state index contributed by atoms with van der Waals surface area (Å²) in [5, 5.41) is 4.81. The Balaban J connectivity index is 1.62. The van der Waals surface area contributed by atoms with Crippen molar-refractivity contribution in [1.29, 1.82) is 0 Å². The van der Waals surface area contributed by atoms with Gasteiger partial charge in [-0.2, -0.15) is 5.10 Å². The molecule has 1 fully saturated rings. The van der Waals surface area contributed by atoms with Gasteiger partial charge in [0, 0.05) is 31.4 Å². The molecule has 2 heterocycles. The first kappa shape index (κ1) is 19.2. The zero-order chi connectivity index (χ0) is 19.7. The molecule has 28 heavy (non-hydrogen) atoms. The van der Waals surface area contributed by atoms with Crippen molar-refractivity contribution in [2.75, 3.05) is 27.2 Å². The van der Waals surface area contributed by atoms with E-state index >= 15 is 0 Å². The lowest BCUT2D eigenvalue weighted by molar-refractivity contribution is 0.0818. The molecule has 1 unspecified atom stereocenters. The highest BCUT2D eigenvalue weighted by molar-refractivity contribution is 5.93. The summed E-state index contributed by atoms with van der Waals surface area (Å²) in [7, 11) is 3.63. The van der Waals surface area contributed by atoms with Crippen LogP contribution >= 0.6 is 0 Å². The van der Waals surface area contributed by atoms with E-state index in [1.54, 1.807) is 4.90 Å².